The fourth-order valence-corrected chi connectivity index (χ4v) is 0.973. The van der Waals surface area contributed by atoms with Gasteiger partial charge in [0.1, 0.15) is 11.5 Å². The Balaban J connectivity index is 3.18. The van der Waals surface area contributed by atoms with Crippen LogP contribution in [0.4, 0.5) is 0 Å². The van der Waals surface area contributed by atoms with Crippen LogP contribution in [-0.2, 0) is 5.41 Å². The zero-order valence-electron chi connectivity index (χ0n) is 7.55. The number of benzene rings is 1. The summed E-state index contributed by atoms with van der Waals surface area (Å²) in [6.45, 7) is 6.05. The van der Waals surface area contributed by atoms with Crippen molar-refractivity contribution in [2.45, 2.75) is 26.2 Å². The van der Waals surface area contributed by atoms with E-state index in [4.69, 9.17) is 10.2 Å². The molecule has 1 radical (unpaired) electrons. The van der Waals surface area contributed by atoms with E-state index in [0.29, 0.717) is 0 Å². The van der Waals surface area contributed by atoms with Crippen LogP contribution in [0, 0.1) is 6.07 Å². The molecule has 0 fully saturated rings. The normalized spacial score (nSPS) is 11.6. The lowest BCUT2D eigenvalue weighted by atomic mass is 9.87. The standard InChI is InChI=1S/C10H13O2/c1-10(2,3)7-4-8(11)6-9(12)5-7/h4-5,11-12H,1-3H3. The van der Waals surface area contributed by atoms with Crippen LogP contribution >= 0.6 is 0 Å². The van der Waals surface area contributed by atoms with Gasteiger partial charge in [-0.25, -0.2) is 0 Å². The molecular formula is C10H13O2. The van der Waals surface area contributed by atoms with E-state index in [1.165, 1.54) is 0 Å². The van der Waals surface area contributed by atoms with E-state index in [2.05, 4.69) is 6.07 Å². The van der Waals surface area contributed by atoms with Gasteiger partial charge in [-0.05, 0) is 23.1 Å². The Bertz CT molecular complexity index is 264. The molecule has 1 rings (SSSR count). The average Bonchev–Trinajstić information content (AvgIpc) is 1.82. The number of phenols is 2. The van der Waals surface area contributed by atoms with Gasteiger partial charge in [0.2, 0.25) is 0 Å². The van der Waals surface area contributed by atoms with Crippen molar-refractivity contribution in [1.29, 1.82) is 0 Å². The number of hydrogen-bond acceptors (Lipinski definition) is 2. The Morgan fingerprint density at radius 2 is 1.50 bits per heavy atom. The number of phenolic OH excluding ortho intramolecular Hbond substituents is 2. The molecule has 65 valence electrons. The van der Waals surface area contributed by atoms with Gasteiger partial charge in [0.25, 0.3) is 0 Å². The van der Waals surface area contributed by atoms with Crippen molar-refractivity contribution in [3.63, 3.8) is 0 Å². The predicted octanol–water partition coefficient (Wildman–Crippen LogP) is 2.20. The van der Waals surface area contributed by atoms with Gasteiger partial charge in [0, 0.05) is 0 Å². The van der Waals surface area contributed by atoms with E-state index < -0.39 is 0 Å². The number of rotatable bonds is 0. The molecule has 0 aromatic heterocycles. The quantitative estimate of drug-likeness (QED) is 0.618. The highest BCUT2D eigenvalue weighted by molar-refractivity contribution is 5.38. The molecule has 0 unspecified atom stereocenters. The maximum Gasteiger partial charge on any atom is 0.127 e. The van der Waals surface area contributed by atoms with Crippen molar-refractivity contribution in [3.8, 4) is 11.5 Å². The van der Waals surface area contributed by atoms with Crippen LogP contribution in [0.1, 0.15) is 26.3 Å². The molecule has 0 spiro atoms. The molecule has 2 N–H and O–H groups in total. The zero-order chi connectivity index (χ0) is 9.35. The molecule has 1 aromatic carbocycles. The van der Waals surface area contributed by atoms with Crippen LogP contribution in [0.15, 0.2) is 12.1 Å². The molecule has 0 bridgehead atoms. The fourth-order valence-electron chi connectivity index (χ4n) is 0.973. The third-order valence-corrected chi connectivity index (χ3v) is 1.71. The summed E-state index contributed by atoms with van der Waals surface area (Å²) >= 11 is 0. The van der Waals surface area contributed by atoms with Crippen LogP contribution in [-0.4, -0.2) is 10.2 Å². The highest BCUT2D eigenvalue weighted by Gasteiger charge is 2.15. The van der Waals surface area contributed by atoms with Crippen LogP contribution in [0.5, 0.6) is 11.5 Å². The first-order chi connectivity index (χ1) is 5.39. The summed E-state index contributed by atoms with van der Waals surface area (Å²) in [4.78, 5) is 0. The first kappa shape index (κ1) is 8.91. The number of aromatic hydroxyl groups is 2. The molecule has 0 aliphatic carbocycles. The minimum absolute atomic E-state index is 0.0140. The Morgan fingerprint density at radius 1 is 1.08 bits per heavy atom. The second-order valence-electron chi connectivity index (χ2n) is 3.89. The lowest BCUT2D eigenvalue weighted by molar-refractivity contribution is 0.442. The summed E-state index contributed by atoms with van der Waals surface area (Å²) in [5, 5.41) is 18.3. The summed E-state index contributed by atoms with van der Waals surface area (Å²) in [5.41, 5.74) is 0.834. The van der Waals surface area contributed by atoms with Crippen LogP contribution in [0.3, 0.4) is 0 Å². The lowest BCUT2D eigenvalue weighted by Crippen LogP contribution is -2.10. The lowest BCUT2D eigenvalue weighted by Gasteiger charge is -2.18. The highest BCUT2D eigenvalue weighted by atomic mass is 16.3. The molecule has 12 heavy (non-hydrogen) atoms. The van der Waals surface area contributed by atoms with Crippen molar-refractivity contribution in [1.82, 2.24) is 0 Å². The Morgan fingerprint density at radius 3 is 1.83 bits per heavy atom. The Labute approximate surface area is 72.5 Å². The third kappa shape index (κ3) is 1.91. The van der Waals surface area contributed by atoms with Gasteiger partial charge in [0.05, 0.1) is 6.07 Å². The molecule has 1 aromatic rings. The van der Waals surface area contributed by atoms with E-state index in [0.717, 1.165) is 5.56 Å². The maximum absolute atomic E-state index is 9.14. The first-order valence-electron chi connectivity index (χ1n) is 3.85. The molecule has 0 saturated heterocycles. The SMILES string of the molecule is CC(C)(C)c1cc(O)[c]c(O)c1. The molecule has 0 aliphatic heterocycles. The van der Waals surface area contributed by atoms with Crippen molar-refractivity contribution in [3.05, 3.63) is 23.8 Å². The fraction of sp³-hybridized carbons (Fsp3) is 0.400. The summed E-state index contributed by atoms with van der Waals surface area (Å²) in [5.74, 6) is -0.0279. The second-order valence-corrected chi connectivity index (χ2v) is 3.89. The summed E-state index contributed by atoms with van der Waals surface area (Å²) in [7, 11) is 0. The second kappa shape index (κ2) is 2.70. The van der Waals surface area contributed by atoms with Crippen LogP contribution in [0.25, 0.3) is 0 Å². The monoisotopic (exact) mass is 165 g/mol. The highest BCUT2D eigenvalue weighted by Crippen LogP contribution is 2.28. The minimum Gasteiger partial charge on any atom is -0.507 e. The van der Waals surface area contributed by atoms with Crippen molar-refractivity contribution < 1.29 is 10.2 Å². The molecular weight excluding hydrogens is 152 g/mol. The molecule has 2 heteroatoms. The summed E-state index contributed by atoms with van der Waals surface area (Å²) in [6.07, 6.45) is 0. The van der Waals surface area contributed by atoms with E-state index >= 15 is 0 Å². The maximum atomic E-state index is 9.14. The van der Waals surface area contributed by atoms with Gasteiger partial charge in [-0.3, -0.25) is 0 Å². The van der Waals surface area contributed by atoms with Gasteiger partial charge in [0.15, 0.2) is 0 Å². The summed E-state index contributed by atoms with van der Waals surface area (Å²) in [6, 6.07) is 5.62. The molecule has 0 saturated carbocycles. The largest absolute Gasteiger partial charge is 0.507 e. The van der Waals surface area contributed by atoms with Gasteiger partial charge in [-0.2, -0.15) is 0 Å². The van der Waals surface area contributed by atoms with Gasteiger partial charge in [-0.15, -0.1) is 0 Å². The average molecular weight is 165 g/mol. The minimum atomic E-state index is -0.0654. The summed E-state index contributed by atoms with van der Waals surface area (Å²) < 4.78 is 0. The topological polar surface area (TPSA) is 40.5 Å². The van der Waals surface area contributed by atoms with Gasteiger partial charge < -0.3 is 10.2 Å². The Hall–Kier alpha value is -1.18. The van der Waals surface area contributed by atoms with E-state index in [1.807, 2.05) is 20.8 Å². The van der Waals surface area contributed by atoms with Crippen LogP contribution < -0.4 is 0 Å². The smallest absolute Gasteiger partial charge is 0.127 e. The van der Waals surface area contributed by atoms with Crippen molar-refractivity contribution in [2.75, 3.05) is 0 Å². The Kier molecular flexibility index (Phi) is 2.01. The zero-order valence-corrected chi connectivity index (χ0v) is 7.55. The van der Waals surface area contributed by atoms with E-state index in [-0.39, 0.29) is 16.9 Å². The van der Waals surface area contributed by atoms with E-state index in [9.17, 15) is 0 Å². The molecule has 0 heterocycles. The van der Waals surface area contributed by atoms with E-state index in [1.54, 1.807) is 12.1 Å². The van der Waals surface area contributed by atoms with Gasteiger partial charge >= 0.3 is 0 Å². The number of hydrogen-bond donors (Lipinski definition) is 2. The molecule has 2 nitrogen and oxygen atoms in total. The molecule has 0 atom stereocenters. The predicted molar refractivity (Wildman–Crippen MR) is 47.3 cm³/mol. The van der Waals surface area contributed by atoms with Crippen LogP contribution in [0.2, 0.25) is 0 Å². The third-order valence-electron chi connectivity index (χ3n) is 1.71. The van der Waals surface area contributed by atoms with Crippen molar-refractivity contribution in [2.24, 2.45) is 0 Å². The van der Waals surface area contributed by atoms with Crippen molar-refractivity contribution >= 4 is 0 Å². The molecule has 0 aliphatic rings. The molecule has 0 amide bonds. The first-order valence-corrected chi connectivity index (χ1v) is 3.85. The van der Waals surface area contributed by atoms with Gasteiger partial charge in [-0.1, -0.05) is 20.8 Å².